The minimum atomic E-state index is -0.313. The molecule has 1 unspecified atom stereocenters. The highest BCUT2D eigenvalue weighted by atomic mass is 32.2. The van der Waals surface area contributed by atoms with E-state index in [0.717, 1.165) is 12.1 Å². The summed E-state index contributed by atoms with van der Waals surface area (Å²) >= 11 is 1.59. The number of nitrogens with zero attached hydrogens (tertiary/aromatic N) is 3. The Bertz CT molecular complexity index is 958. The zero-order valence-corrected chi connectivity index (χ0v) is 17.4. The van der Waals surface area contributed by atoms with Crippen LogP contribution in [0.2, 0.25) is 0 Å². The molecule has 0 spiro atoms. The van der Waals surface area contributed by atoms with Crippen molar-refractivity contribution in [1.29, 1.82) is 0 Å². The van der Waals surface area contributed by atoms with Gasteiger partial charge >= 0.3 is 0 Å². The maximum Gasteiger partial charge on any atom is 0.251 e. The first kappa shape index (κ1) is 20.9. The normalized spacial score (nSPS) is 11.9. The van der Waals surface area contributed by atoms with Gasteiger partial charge in [0, 0.05) is 16.5 Å². The number of benzene rings is 2. The lowest BCUT2D eigenvalue weighted by atomic mass is 10.2. The van der Waals surface area contributed by atoms with Gasteiger partial charge in [-0.25, -0.2) is 4.39 Å². The Morgan fingerprint density at radius 2 is 1.86 bits per heavy atom. The molecule has 2 aromatic carbocycles. The average Bonchev–Trinajstić information content (AvgIpc) is 3.14. The molecule has 0 aliphatic carbocycles. The van der Waals surface area contributed by atoms with E-state index in [1.54, 1.807) is 55.3 Å². The molecule has 0 aliphatic rings. The molecule has 0 radical (unpaired) electrons. The number of nitrogens with one attached hydrogen (secondary N) is 1. The first-order chi connectivity index (χ1) is 14.0. The molecule has 0 saturated carbocycles. The van der Waals surface area contributed by atoms with Gasteiger partial charge in [0.05, 0.1) is 13.7 Å². The predicted molar refractivity (Wildman–Crippen MR) is 111 cm³/mol. The van der Waals surface area contributed by atoms with Crippen molar-refractivity contribution < 1.29 is 13.9 Å². The number of hydrogen-bond donors (Lipinski definition) is 1. The van der Waals surface area contributed by atoms with Crippen LogP contribution in [-0.4, -0.2) is 33.0 Å². The number of amides is 1. The number of halogens is 1. The molecular formula is C21H23FN4O2S. The van der Waals surface area contributed by atoms with Gasteiger partial charge in [-0.05, 0) is 55.0 Å². The van der Waals surface area contributed by atoms with E-state index in [1.807, 2.05) is 4.57 Å². The lowest BCUT2D eigenvalue weighted by Crippen LogP contribution is -2.24. The van der Waals surface area contributed by atoms with Gasteiger partial charge in [-0.1, -0.05) is 25.6 Å². The van der Waals surface area contributed by atoms with Crippen LogP contribution in [0, 0.1) is 5.82 Å². The molecule has 3 aromatic rings. The van der Waals surface area contributed by atoms with Crippen LogP contribution >= 0.6 is 11.8 Å². The molecule has 1 atom stereocenters. The second-order valence-corrected chi connectivity index (χ2v) is 7.86. The Balaban J connectivity index is 1.82. The quantitative estimate of drug-likeness (QED) is 0.559. The highest BCUT2D eigenvalue weighted by molar-refractivity contribution is 7.99. The van der Waals surface area contributed by atoms with Gasteiger partial charge < -0.3 is 10.1 Å². The summed E-state index contributed by atoms with van der Waals surface area (Å²) in [4.78, 5) is 12.5. The third kappa shape index (κ3) is 5.14. The minimum absolute atomic E-state index is 0.191. The summed E-state index contributed by atoms with van der Waals surface area (Å²) in [5.41, 5.74) is 1.27. The molecule has 8 heteroatoms. The van der Waals surface area contributed by atoms with E-state index in [4.69, 9.17) is 4.74 Å². The Morgan fingerprint density at radius 3 is 2.48 bits per heavy atom. The van der Waals surface area contributed by atoms with E-state index < -0.39 is 0 Å². The molecule has 3 rings (SSSR count). The zero-order valence-electron chi connectivity index (χ0n) is 16.6. The number of carbonyl (C=O) groups excluding carboxylic acids is 1. The first-order valence-corrected chi connectivity index (χ1v) is 10.2. The fourth-order valence-corrected chi connectivity index (χ4v) is 3.54. The molecule has 1 N–H and O–H groups in total. The van der Waals surface area contributed by atoms with E-state index in [-0.39, 0.29) is 18.3 Å². The Labute approximate surface area is 173 Å². The second-order valence-electron chi connectivity index (χ2n) is 6.46. The molecule has 0 bridgehead atoms. The minimum Gasteiger partial charge on any atom is -0.497 e. The third-order valence-corrected chi connectivity index (χ3v) is 5.64. The van der Waals surface area contributed by atoms with Gasteiger partial charge in [-0.2, -0.15) is 0 Å². The number of aromatic nitrogens is 3. The SMILES string of the molecule is CCC(C)Sc1nnc(CNC(=O)c2ccc(OC)cc2)n1-c1ccc(F)cc1. The topological polar surface area (TPSA) is 69.0 Å². The van der Waals surface area contributed by atoms with Crippen LogP contribution in [0.25, 0.3) is 5.69 Å². The maximum atomic E-state index is 13.4. The molecule has 1 heterocycles. The zero-order chi connectivity index (χ0) is 20.8. The van der Waals surface area contributed by atoms with Gasteiger partial charge in [0.25, 0.3) is 5.91 Å². The number of ether oxygens (including phenoxy) is 1. The summed E-state index contributed by atoms with van der Waals surface area (Å²) in [7, 11) is 1.58. The van der Waals surface area contributed by atoms with Gasteiger partial charge in [0.2, 0.25) is 0 Å². The van der Waals surface area contributed by atoms with Crippen LogP contribution in [0.15, 0.2) is 53.7 Å². The van der Waals surface area contributed by atoms with Crippen LogP contribution in [-0.2, 0) is 6.54 Å². The van der Waals surface area contributed by atoms with Gasteiger partial charge in [0.15, 0.2) is 11.0 Å². The summed E-state index contributed by atoms with van der Waals surface area (Å²) in [5, 5.41) is 12.5. The number of methoxy groups -OCH3 is 1. The molecule has 1 aromatic heterocycles. The average molecular weight is 415 g/mol. The number of hydrogen-bond acceptors (Lipinski definition) is 5. The van der Waals surface area contributed by atoms with E-state index in [2.05, 4.69) is 29.4 Å². The Hall–Kier alpha value is -2.87. The van der Waals surface area contributed by atoms with E-state index in [9.17, 15) is 9.18 Å². The second kappa shape index (κ2) is 9.56. The van der Waals surface area contributed by atoms with Crippen molar-refractivity contribution in [2.75, 3.05) is 7.11 Å². The third-order valence-electron chi connectivity index (χ3n) is 4.43. The summed E-state index contributed by atoms with van der Waals surface area (Å²) < 4.78 is 20.3. The number of thioether (sulfide) groups is 1. The van der Waals surface area contributed by atoms with Crippen LogP contribution in [0.5, 0.6) is 5.75 Å². The molecule has 1 amide bonds. The van der Waals surface area contributed by atoms with Gasteiger partial charge in [-0.15, -0.1) is 10.2 Å². The van der Waals surface area contributed by atoms with Crippen molar-refractivity contribution >= 4 is 17.7 Å². The van der Waals surface area contributed by atoms with Crippen LogP contribution in [0.3, 0.4) is 0 Å². The van der Waals surface area contributed by atoms with Crippen molar-refractivity contribution in [3.63, 3.8) is 0 Å². The van der Waals surface area contributed by atoms with Crippen molar-refractivity contribution in [2.24, 2.45) is 0 Å². The Kier molecular flexibility index (Phi) is 6.87. The number of carbonyl (C=O) groups is 1. The van der Waals surface area contributed by atoms with E-state index in [1.165, 1.54) is 12.1 Å². The summed E-state index contributed by atoms with van der Waals surface area (Å²) in [5.74, 6) is 0.721. The van der Waals surface area contributed by atoms with Crippen LogP contribution in [0.1, 0.15) is 36.5 Å². The van der Waals surface area contributed by atoms with Gasteiger partial charge in [0.1, 0.15) is 11.6 Å². The fraction of sp³-hybridized carbons (Fsp3) is 0.286. The molecule has 0 saturated heterocycles. The maximum absolute atomic E-state index is 13.4. The molecule has 29 heavy (non-hydrogen) atoms. The monoisotopic (exact) mass is 414 g/mol. The number of rotatable bonds is 8. The standard InChI is InChI=1S/C21H23FN4O2S/c1-4-14(2)29-21-25-24-19(26(21)17-9-7-16(22)8-10-17)13-23-20(27)15-5-11-18(28-3)12-6-15/h5-12,14H,4,13H2,1-3H3,(H,23,27). The Morgan fingerprint density at radius 1 is 1.17 bits per heavy atom. The first-order valence-electron chi connectivity index (χ1n) is 9.31. The van der Waals surface area contributed by atoms with Crippen LogP contribution < -0.4 is 10.1 Å². The fourth-order valence-electron chi connectivity index (χ4n) is 2.61. The highest BCUT2D eigenvalue weighted by Crippen LogP contribution is 2.27. The molecule has 0 aliphatic heterocycles. The summed E-state index contributed by atoms with van der Waals surface area (Å²) in [6, 6.07) is 13.0. The molecular weight excluding hydrogens is 391 g/mol. The smallest absolute Gasteiger partial charge is 0.251 e. The van der Waals surface area contributed by atoms with E-state index >= 15 is 0 Å². The van der Waals surface area contributed by atoms with E-state index in [0.29, 0.717) is 27.5 Å². The lowest BCUT2D eigenvalue weighted by molar-refractivity contribution is 0.0949. The largest absolute Gasteiger partial charge is 0.497 e. The molecule has 6 nitrogen and oxygen atoms in total. The molecule has 0 fully saturated rings. The summed E-state index contributed by atoms with van der Waals surface area (Å²) in [6.45, 7) is 4.40. The predicted octanol–water partition coefficient (Wildman–Crippen LogP) is 4.24. The van der Waals surface area contributed by atoms with Gasteiger partial charge in [-0.3, -0.25) is 9.36 Å². The highest BCUT2D eigenvalue weighted by Gasteiger charge is 2.17. The van der Waals surface area contributed by atoms with Crippen molar-refractivity contribution in [3.05, 3.63) is 65.7 Å². The van der Waals surface area contributed by atoms with Crippen molar-refractivity contribution in [1.82, 2.24) is 20.1 Å². The van der Waals surface area contributed by atoms with Crippen molar-refractivity contribution in [2.45, 2.75) is 37.2 Å². The lowest BCUT2D eigenvalue weighted by Gasteiger charge is -2.13. The summed E-state index contributed by atoms with van der Waals surface area (Å²) in [6.07, 6.45) is 0.977. The molecule has 152 valence electrons. The van der Waals surface area contributed by atoms with Crippen molar-refractivity contribution in [3.8, 4) is 11.4 Å². The van der Waals surface area contributed by atoms with Crippen LogP contribution in [0.4, 0.5) is 4.39 Å².